The predicted molar refractivity (Wildman–Crippen MR) is 83.2 cm³/mol. The normalized spacial score (nSPS) is 16.0. The van der Waals surface area contributed by atoms with E-state index in [0.717, 1.165) is 41.5 Å². The Hall–Kier alpha value is -1.69. The molecule has 0 N–H and O–H groups in total. The maximum absolute atomic E-state index is 13.2. The number of benzene rings is 1. The third-order valence-corrected chi connectivity index (χ3v) is 4.77. The second kappa shape index (κ2) is 5.60. The highest BCUT2D eigenvalue weighted by Gasteiger charge is 2.24. The number of hydrogen-bond acceptors (Lipinski definition) is 4. The Balaban J connectivity index is 1.72. The molecule has 3 rings (SSSR count). The van der Waals surface area contributed by atoms with Crippen LogP contribution in [0.4, 0.5) is 9.52 Å². The fourth-order valence-corrected chi connectivity index (χ4v) is 3.55. The average molecular weight is 307 g/mol. The molecule has 112 valence electrons. The van der Waals surface area contributed by atoms with Gasteiger partial charge in [-0.2, -0.15) is 0 Å². The zero-order valence-corrected chi connectivity index (χ0v) is 13.0. The van der Waals surface area contributed by atoms with Gasteiger partial charge in [0.15, 0.2) is 5.13 Å². The van der Waals surface area contributed by atoms with Crippen LogP contribution in [-0.2, 0) is 4.79 Å². The smallest absolute Gasteiger partial charge is 0.225 e. The summed E-state index contributed by atoms with van der Waals surface area (Å²) >= 11 is 1.51. The van der Waals surface area contributed by atoms with Crippen LogP contribution in [0.5, 0.6) is 0 Å². The maximum Gasteiger partial charge on any atom is 0.225 e. The number of aromatic nitrogens is 1. The van der Waals surface area contributed by atoms with Crippen molar-refractivity contribution in [1.29, 1.82) is 0 Å². The van der Waals surface area contributed by atoms with E-state index in [1.165, 1.54) is 23.5 Å². The van der Waals surface area contributed by atoms with Gasteiger partial charge in [0.05, 0.1) is 10.2 Å². The van der Waals surface area contributed by atoms with Crippen LogP contribution < -0.4 is 4.90 Å². The number of rotatable bonds is 2. The number of amides is 1. The summed E-state index contributed by atoms with van der Waals surface area (Å²) in [4.78, 5) is 20.6. The number of piperazine rings is 1. The third-order valence-electron chi connectivity index (χ3n) is 3.69. The predicted octanol–water partition coefficient (Wildman–Crippen LogP) is 2.74. The van der Waals surface area contributed by atoms with E-state index in [1.54, 1.807) is 6.07 Å². The van der Waals surface area contributed by atoms with Crippen LogP contribution in [0.15, 0.2) is 18.2 Å². The monoisotopic (exact) mass is 307 g/mol. The summed E-state index contributed by atoms with van der Waals surface area (Å²) in [5, 5.41) is 0.909. The number of thiazole rings is 1. The molecule has 4 nitrogen and oxygen atoms in total. The van der Waals surface area contributed by atoms with Crippen molar-refractivity contribution in [3.63, 3.8) is 0 Å². The van der Waals surface area contributed by atoms with Crippen molar-refractivity contribution in [2.24, 2.45) is 5.92 Å². The molecular formula is C15H18FN3OS. The van der Waals surface area contributed by atoms with Gasteiger partial charge in [-0.05, 0) is 18.2 Å². The minimum atomic E-state index is -0.231. The molecule has 0 bridgehead atoms. The van der Waals surface area contributed by atoms with Gasteiger partial charge < -0.3 is 9.80 Å². The number of anilines is 1. The average Bonchev–Trinajstić information content (AvgIpc) is 2.89. The molecule has 0 atom stereocenters. The molecule has 1 saturated heterocycles. The minimum Gasteiger partial charge on any atom is -0.345 e. The standard InChI is InChI=1S/C15H18FN3OS/c1-10(2)14(20)18-5-7-19(8-6-18)15-17-12-4-3-11(16)9-13(12)21-15/h3-4,9-10H,5-8H2,1-2H3. The van der Waals surface area contributed by atoms with E-state index < -0.39 is 0 Å². The summed E-state index contributed by atoms with van der Waals surface area (Å²) in [6.07, 6.45) is 0. The molecule has 0 radical (unpaired) electrons. The Bertz CT molecular complexity index is 662. The number of halogens is 1. The van der Waals surface area contributed by atoms with Crippen LogP contribution in [0.1, 0.15) is 13.8 Å². The highest BCUT2D eigenvalue weighted by Crippen LogP contribution is 2.29. The van der Waals surface area contributed by atoms with Crippen molar-refractivity contribution in [3.05, 3.63) is 24.0 Å². The van der Waals surface area contributed by atoms with Gasteiger partial charge in [-0.3, -0.25) is 4.79 Å². The summed E-state index contributed by atoms with van der Waals surface area (Å²) in [6, 6.07) is 4.67. The molecule has 21 heavy (non-hydrogen) atoms. The van der Waals surface area contributed by atoms with Gasteiger partial charge >= 0.3 is 0 Å². The van der Waals surface area contributed by atoms with Crippen molar-refractivity contribution in [3.8, 4) is 0 Å². The molecule has 2 heterocycles. The summed E-state index contributed by atoms with van der Waals surface area (Å²) in [7, 11) is 0. The molecule has 2 aromatic rings. The maximum atomic E-state index is 13.2. The Morgan fingerprint density at radius 1 is 1.29 bits per heavy atom. The minimum absolute atomic E-state index is 0.0435. The Labute approximate surface area is 127 Å². The van der Waals surface area contributed by atoms with Gasteiger partial charge in [-0.1, -0.05) is 25.2 Å². The van der Waals surface area contributed by atoms with Gasteiger partial charge in [0, 0.05) is 32.1 Å². The second-order valence-electron chi connectivity index (χ2n) is 5.58. The summed E-state index contributed by atoms with van der Waals surface area (Å²) < 4.78 is 14.1. The lowest BCUT2D eigenvalue weighted by Gasteiger charge is -2.35. The molecule has 1 aliphatic heterocycles. The topological polar surface area (TPSA) is 36.4 Å². The van der Waals surface area contributed by atoms with E-state index >= 15 is 0 Å². The summed E-state index contributed by atoms with van der Waals surface area (Å²) in [5.74, 6) is 0.0213. The number of fused-ring (bicyclic) bond motifs is 1. The Morgan fingerprint density at radius 3 is 2.67 bits per heavy atom. The Morgan fingerprint density at radius 2 is 2.00 bits per heavy atom. The van der Waals surface area contributed by atoms with E-state index in [9.17, 15) is 9.18 Å². The van der Waals surface area contributed by atoms with Gasteiger partial charge in [0.25, 0.3) is 0 Å². The molecule has 0 spiro atoms. The van der Waals surface area contributed by atoms with Crippen molar-refractivity contribution in [2.75, 3.05) is 31.1 Å². The highest BCUT2D eigenvalue weighted by molar-refractivity contribution is 7.22. The number of carbonyl (C=O) groups excluding carboxylic acids is 1. The molecule has 1 amide bonds. The van der Waals surface area contributed by atoms with Crippen molar-refractivity contribution < 1.29 is 9.18 Å². The van der Waals surface area contributed by atoms with Crippen LogP contribution in [-0.4, -0.2) is 42.0 Å². The fourth-order valence-electron chi connectivity index (χ4n) is 2.50. The lowest BCUT2D eigenvalue weighted by atomic mass is 10.2. The SMILES string of the molecule is CC(C)C(=O)N1CCN(c2nc3ccc(F)cc3s2)CC1. The first kappa shape index (κ1) is 14.3. The summed E-state index contributed by atoms with van der Waals surface area (Å²) in [5.41, 5.74) is 0.831. The highest BCUT2D eigenvalue weighted by atomic mass is 32.1. The quantitative estimate of drug-likeness (QED) is 0.856. The molecule has 0 unspecified atom stereocenters. The first-order valence-corrected chi connectivity index (χ1v) is 7.96. The molecule has 1 aliphatic rings. The van der Waals surface area contributed by atoms with E-state index in [1.807, 2.05) is 18.7 Å². The van der Waals surface area contributed by atoms with Crippen LogP contribution in [0.2, 0.25) is 0 Å². The number of hydrogen-bond donors (Lipinski definition) is 0. The lowest BCUT2D eigenvalue weighted by molar-refractivity contribution is -0.134. The van der Waals surface area contributed by atoms with Gasteiger partial charge in [0.1, 0.15) is 5.82 Å². The van der Waals surface area contributed by atoms with E-state index in [2.05, 4.69) is 9.88 Å². The van der Waals surface area contributed by atoms with E-state index in [-0.39, 0.29) is 17.6 Å². The summed E-state index contributed by atoms with van der Waals surface area (Å²) in [6.45, 7) is 6.86. The molecule has 1 fully saturated rings. The first-order valence-electron chi connectivity index (χ1n) is 7.14. The van der Waals surface area contributed by atoms with Crippen molar-refractivity contribution >= 4 is 32.6 Å². The molecule has 0 saturated carbocycles. The van der Waals surface area contributed by atoms with Gasteiger partial charge in [-0.15, -0.1) is 0 Å². The van der Waals surface area contributed by atoms with Crippen LogP contribution in [0.25, 0.3) is 10.2 Å². The molecular weight excluding hydrogens is 289 g/mol. The number of nitrogens with zero attached hydrogens (tertiary/aromatic N) is 3. The molecule has 1 aromatic heterocycles. The van der Waals surface area contributed by atoms with Crippen molar-refractivity contribution in [2.45, 2.75) is 13.8 Å². The molecule has 1 aromatic carbocycles. The first-order chi connectivity index (χ1) is 10.0. The molecule has 0 aliphatic carbocycles. The lowest BCUT2D eigenvalue weighted by Crippen LogP contribution is -2.49. The third kappa shape index (κ3) is 2.85. The Kier molecular flexibility index (Phi) is 3.80. The molecule has 6 heteroatoms. The largest absolute Gasteiger partial charge is 0.345 e. The van der Waals surface area contributed by atoms with Gasteiger partial charge in [0.2, 0.25) is 5.91 Å². The van der Waals surface area contributed by atoms with Crippen LogP contribution >= 0.6 is 11.3 Å². The second-order valence-corrected chi connectivity index (χ2v) is 6.58. The zero-order valence-electron chi connectivity index (χ0n) is 12.2. The van der Waals surface area contributed by atoms with E-state index in [0.29, 0.717) is 0 Å². The zero-order chi connectivity index (χ0) is 15.0. The van der Waals surface area contributed by atoms with Crippen LogP contribution in [0, 0.1) is 11.7 Å². The fraction of sp³-hybridized carbons (Fsp3) is 0.467. The van der Waals surface area contributed by atoms with Gasteiger partial charge in [-0.25, -0.2) is 9.37 Å². The number of carbonyl (C=O) groups is 1. The van der Waals surface area contributed by atoms with E-state index in [4.69, 9.17) is 0 Å². The van der Waals surface area contributed by atoms with Crippen molar-refractivity contribution in [1.82, 2.24) is 9.88 Å². The van der Waals surface area contributed by atoms with Crippen LogP contribution in [0.3, 0.4) is 0 Å².